The number of nitrogens with zero attached hydrogens (tertiary/aromatic N) is 4. The molecule has 0 saturated carbocycles. The number of rotatable bonds is 4. The number of aryl methyl sites for hydroxylation is 1. The summed E-state index contributed by atoms with van der Waals surface area (Å²) >= 11 is 1.27. The first-order valence-corrected chi connectivity index (χ1v) is 8.64. The van der Waals surface area contributed by atoms with Crippen LogP contribution < -0.4 is 0 Å². The predicted octanol–water partition coefficient (Wildman–Crippen LogP) is 3.19. The molecular formula is C17H13FN4O3S. The second-order valence-electron chi connectivity index (χ2n) is 5.70. The van der Waals surface area contributed by atoms with Crippen molar-refractivity contribution in [2.75, 3.05) is 0 Å². The van der Waals surface area contributed by atoms with Crippen molar-refractivity contribution < 1.29 is 18.7 Å². The highest BCUT2D eigenvalue weighted by Gasteiger charge is 2.31. The van der Waals surface area contributed by atoms with Gasteiger partial charge in [-0.3, -0.25) is 4.79 Å². The molecule has 0 unspecified atom stereocenters. The first kappa shape index (κ1) is 16.5. The molecule has 0 amide bonds. The minimum Gasteiger partial charge on any atom is -0.481 e. The number of furan rings is 1. The zero-order chi connectivity index (χ0) is 18.3. The van der Waals surface area contributed by atoms with Gasteiger partial charge in [-0.05, 0) is 30.7 Å². The zero-order valence-electron chi connectivity index (χ0n) is 13.6. The number of carboxylic acid groups (broad SMARTS) is 1. The number of aliphatic carboxylic acids is 1. The van der Waals surface area contributed by atoms with Gasteiger partial charge in [0.15, 0.2) is 5.82 Å². The van der Waals surface area contributed by atoms with Crippen molar-refractivity contribution in [1.82, 2.24) is 14.9 Å². The van der Waals surface area contributed by atoms with E-state index in [-0.39, 0.29) is 12.2 Å². The third-order valence-electron chi connectivity index (χ3n) is 3.97. The van der Waals surface area contributed by atoms with E-state index < -0.39 is 11.2 Å². The summed E-state index contributed by atoms with van der Waals surface area (Å²) in [5.74, 6) is -0.132. The van der Waals surface area contributed by atoms with Crippen molar-refractivity contribution >= 4 is 23.4 Å². The molecule has 0 radical (unpaired) electrons. The molecule has 0 aliphatic carbocycles. The number of fused-ring (bicyclic) bond motifs is 1. The number of aromatic nitrogens is 3. The van der Waals surface area contributed by atoms with Crippen LogP contribution in [0.25, 0.3) is 11.4 Å². The maximum atomic E-state index is 13.3. The number of carbonyl (C=O) groups is 1. The lowest BCUT2D eigenvalue weighted by Gasteiger charge is -2.22. The topological polar surface area (TPSA) is 93.5 Å². The van der Waals surface area contributed by atoms with E-state index in [9.17, 15) is 14.3 Å². The second kappa shape index (κ2) is 6.41. The monoisotopic (exact) mass is 372 g/mol. The molecule has 0 spiro atoms. The van der Waals surface area contributed by atoms with Crippen LogP contribution in [0.1, 0.15) is 17.7 Å². The van der Waals surface area contributed by atoms with Crippen molar-refractivity contribution in [2.45, 2.75) is 23.8 Å². The van der Waals surface area contributed by atoms with Gasteiger partial charge in [0.25, 0.3) is 0 Å². The molecular weight excluding hydrogens is 359 g/mol. The fraction of sp³-hybridized carbons (Fsp3) is 0.176. The molecule has 1 atom stereocenters. The Bertz CT molecular complexity index is 1010. The lowest BCUT2D eigenvalue weighted by molar-refractivity contribution is -0.136. The normalized spacial score (nSPS) is 16.2. The van der Waals surface area contributed by atoms with Crippen molar-refractivity contribution in [3.63, 3.8) is 0 Å². The summed E-state index contributed by atoms with van der Waals surface area (Å²) in [5, 5.41) is 22.2. The van der Waals surface area contributed by atoms with E-state index >= 15 is 0 Å². The first-order valence-electron chi connectivity index (χ1n) is 7.76. The number of carboxylic acids is 1. The summed E-state index contributed by atoms with van der Waals surface area (Å²) < 4.78 is 20.2. The number of halogens is 1. The molecule has 3 heterocycles. The van der Waals surface area contributed by atoms with Gasteiger partial charge in [-0.2, -0.15) is 9.78 Å². The molecule has 1 N–H and O–H groups in total. The molecule has 132 valence electrons. The van der Waals surface area contributed by atoms with Crippen LogP contribution in [0.3, 0.4) is 0 Å². The van der Waals surface area contributed by atoms with Crippen molar-refractivity contribution in [3.05, 3.63) is 53.7 Å². The quantitative estimate of drug-likeness (QED) is 0.756. The Morgan fingerprint density at radius 2 is 2.08 bits per heavy atom. The van der Waals surface area contributed by atoms with Crippen LogP contribution in [0, 0.1) is 12.7 Å². The number of thioether (sulfide) groups is 1. The van der Waals surface area contributed by atoms with Gasteiger partial charge < -0.3 is 9.52 Å². The number of hydrogen-bond donors (Lipinski definition) is 1. The van der Waals surface area contributed by atoms with Crippen LogP contribution in [0.5, 0.6) is 0 Å². The molecule has 9 heteroatoms. The summed E-state index contributed by atoms with van der Waals surface area (Å²) in [7, 11) is 0. The molecule has 4 rings (SSSR count). The van der Waals surface area contributed by atoms with Crippen LogP contribution >= 0.6 is 11.8 Å². The fourth-order valence-electron chi connectivity index (χ4n) is 2.73. The Hall–Kier alpha value is -2.94. The maximum Gasteiger partial charge on any atom is 0.304 e. The second-order valence-corrected chi connectivity index (χ2v) is 6.87. The molecule has 1 aromatic carbocycles. The van der Waals surface area contributed by atoms with Crippen molar-refractivity contribution in [1.29, 1.82) is 0 Å². The van der Waals surface area contributed by atoms with Crippen LogP contribution in [0.2, 0.25) is 0 Å². The van der Waals surface area contributed by atoms with Gasteiger partial charge in [-0.15, -0.1) is 10.2 Å². The molecule has 0 saturated heterocycles. The zero-order valence-corrected chi connectivity index (χ0v) is 14.4. The third-order valence-corrected chi connectivity index (χ3v) is 5.11. The van der Waals surface area contributed by atoms with E-state index in [1.807, 2.05) is 6.92 Å². The summed E-state index contributed by atoms with van der Waals surface area (Å²) in [6, 6.07) is 7.59. The highest BCUT2D eigenvalue weighted by atomic mass is 32.2. The SMILES string of the molecule is Cc1occc1-c1nnc2n1N=C(c1ccc(F)cc1)[C@@H](CC(=O)O)S2. The molecule has 26 heavy (non-hydrogen) atoms. The lowest BCUT2D eigenvalue weighted by atomic mass is 10.1. The Morgan fingerprint density at radius 3 is 2.73 bits per heavy atom. The number of benzene rings is 1. The highest BCUT2D eigenvalue weighted by Crippen LogP contribution is 2.35. The van der Waals surface area contributed by atoms with Gasteiger partial charge >= 0.3 is 5.97 Å². The number of hydrogen-bond acceptors (Lipinski definition) is 6. The summed E-state index contributed by atoms with van der Waals surface area (Å²) in [5.41, 5.74) is 1.94. The Labute approximate surface area is 151 Å². The maximum absolute atomic E-state index is 13.3. The van der Waals surface area contributed by atoms with E-state index in [4.69, 9.17) is 4.42 Å². The van der Waals surface area contributed by atoms with E-state index in [1.54, 1.807) is 29.1 Å². The summed E-state index contributed by atoms with van der Waals surface area (Å²) in [6.45, 7) is 1.81. The lowest BCUT2D eigenvalue weighted by Crippen LogP contribution is -2.27. The van der Waals surface area contributed by atoms with Crippen LogP contribution in [-0.4, -0.2) is 36.9 Å². The molecule has 1 aliphatic rings. The predicted molar refractivity (Wildman–Crippen MR) is 92.7 cm³/mol. The van der Waals surface area contributed by atoms with Crippen LogP contribution in [0.15, 0.2) is 51.3 Å². The largest absolute Gasteiger partial charge is 0.481 e. The standard InChI is InChI=1S/C17H13FN4O3S/c1-9-12(6-7-25-9)16-19-20-17-22(16)21-15(13(26-17)8-14(23)24)10-2-4-11(18)5-3-10/h2-7,13H,8H2,1H3,(H,23,24)/t13-/m1/s1. The summed E-state index contributed by atoms with van der Waals surface area (Å²) in [6.07, 6.45) is 1.42. The average Bonchev–Trinajstić information content (AvgIpc) is 3.20. The molecule has 7 nitrogen and oxygen atoms in total. The minimum absolute atomic E-state index is 0.131. The van der Waals surface area contributed by atoms with Gasteiger partial charge in [0.1, 0.15) is 11.6 Å². The molecule has 0 bridgehead atoms. The molecule has 2 aromatic heterocycles. The van der Waals surface area contributed by atoms with Crippen molar-refractivity contribution in [3.8, 4) is 11.4 Å². The van der Waals surface area contributed by atoms with E-state index in [2.05, 4.69) is 15.3 Å². The molecule has 3 aromatic rings. The van der Waals surface area contributed by atoms with Gasteiger partial charge in [-0.25, -0.2) is 4.39 Å². The first-order chi connectivity index (χ1) is 12.5. The Balaban J connectivity index is 1.84. The van der Waals surface area contributed by atoms with Gasteiger partial charge in [0.05, 0.1) is 29.2 Å². The fourth-order valence-corrected chi connectivity index (χ4v) is 3.82. The van der Waals surface area contributed by atoms with Gasteiger partial charge in [0.2, 0.25) is 5.16 Å². The molecule has 0 fully saturated rings. The Kier molecular flexibility index (Phi) is 4.08. The van der Waals surface area contributed by atoms with Gasteiger partial charge in [-0.1, -0.05) is 23.9 Å². The van der Waals surface area contributed by atoms with Crippen LogP contribution in [0.4, 0.5) is 4.39 Å². The Morgan fingerprint density at radius 1 is 1.31 bits per heavy atom. The van der Waals surface area contributed by atoms with E-state index in [0.29, 0.717) is 28.0 Å². The minimum atomic E-state index is -0.948. The van der Waals surface area contributed by atoms with Crippen molar-refractivity contribution in [2.24, 2.45) is 5.10 Å². The average molecular weight is 372 g/mol. The summed E-state index contributed by atoms with van der Waals surface area (Å²) in [4.78, 5) is 11.3. The smallest absolute Gasteiger partial charge is 0.304 e. The third kappa shape index (κ3) is 2.90. The highest BCUT2D eigenvalue weighted by molar-refractivity contribution is 8.00. The van der Waals surface area contributed by atoms with Gasteiger partial charge in [0, 0.05) is 0 Å². The van der Waals surface area contributed by atoms with E-state index in [0.717, 1.165) is 5.56 Å². The van der Waals surface area contributed by atoms with E-state index in [1.165, 1.54) is 23.9 Å². The van der Waals surface area contributed by atoms with Crippen LogP contribution in [-0.2, 0) is 4.79 Å². The molecule has 1 aliphatic heterocycles.